The van der Waals surface area contributed by atoms with Crippen molar-refractivity contribution in [2.45, 2.75) is 19.0 Å². The summed E-state index contributed by atoms with van der Waals surface area (Å²) < 4.78 is 38.4. The zero-order valence-electron chi connectivity index (χ0n) is 12.6. The molecule has 24 heavy (non-hydrogen) atoms. The Kier molecular flexibility index (Phi) is 3.13. The van der Waals surface area contributed by atoms with Crippen LogP contribution in [0.4, 0.5) is 13.2 Å². The highest BCUT2D eigenvalue weighted by Gasteiger charge is 2.31. The van der Waals surface area contributed by atoms with E-state index in [-0.39, 0.29) is 5.92 Å². The summed E-state index contributed by atoms with van der Waals surface area (Å²) in [7, 11) is 0. The first-order chi connectivity index (χ1) is 11.4. The number of H-pyrrole nitrogens is 2. The fourth-order valence-corrected chi connectivity index (χ4v) is 2.72. The minimum Gasteiger partial charge on any atom is -0.341 e. The number of hydrogen-bond acceptors (Lipinski definition) is 2. The summed E-state index contributed by atoms with van der Waals surface area (Å²) in [4.78, 5) is 15.1. The van der Waals surface area contributed by atoms with Crippen molar-refractivity contribution in [3.8, 4) is 0 Å². The van der Waals surface area contributed by atoms with Crippen LogP contribution in [0.25, 0.3) is 22.1 Å². The topological polar surface area (TPSA) is 57.4 Å². The Hall–Kier alpha value is -2.83. The predicted octanol–water partition coefficient (Wildman–Crippen LogP) is 4.61. The monoisotopic (exact) mass is 330 g/mol. The van der Waals surface area contributed by atoms with E-state index in [0.717, 1.165) is 23.2 Å². The quantitative estimate of drug-likeness (QED) is 0.564. The second kappa shape index (κ2) is 5.09. The van der Waals surface area contributed by atoms with Gasteiger partial charge in [0.15, 0.2) is 0 Å². The van der Waals surface area contributed by atoms with Crippen LogP contribution >= 0.6 is 0 Å². The van der Waals surface area contributed by atoms with E-state index in [0.29, 0.717) is 22.7 Å². The van der Waals surface area contributed by atoms with Gasteiger partial charge >= 0.3 is 6.18 Å². The van der Waals surface area contributed by atoms with Gasteiger partial charge < -0.3 is 9.97 Å². The Balaban J connectivity index is 1.75. The molecule has 1 unspecified atom stereocenters. The Morgan fingerprint density at radius 3 is 2.17 bits per heavy atom. The number of benzene rings is 2. The van der Waals surface area contributed by atoms with E-state index < -0.39 is 11.7 Å². The van der Waals surface area contributed by atoms with Crippen molar-refractivity contribution in [3.63, 3.8) is 0 Å². The number of nitrogens with one attached hydrogen (secondary N) is 2. The Morgan fingerprint density at radius 2 is 1.50 bits per heavy atom. The van der Waals surface area contributed by atoms with Gasteiger partial charge in [-0.2, -0.15) is 13.2 Å². The second-order valence-corrected chi connectivity index (χ2v) is 5.71. The predicted molar refractivity (Wildman–Crippen MR) is 84.7 cm³/mol. The molecule has 4 rings (SSSR count). The van der Waals surface area contributed by atoms with Crippen LogP contribution in [0.2, 0.25) is 0 Å². The number of halogens is 3. The van der Waals surface area contributed by atoms with Crippen molar-refractivity contribution in [2.24, 2.45) is 0 Å². The largest absolute Gasteiger partial charge is 0.416 e. The lowest BCUT2D eigenvalue weighted by Crippen LogP contribution is -2.04. The highest BCUT2D eigenvalue weighted by Crippen LogP contribution is 2.32. The fourth-order valence-electron chi connectivity index (χ4n) is 2.72. The first-order valence-corrected chi connectivity index (χ1v) is 7.43. The minimum atomic E-state index is -4.37. The molecule has 0 saturated heterocycles. The molecule has 0 aliphatic rings. The first kappa shape index (κ1) is 14.7. The lowest BCUT2D eigenvalue weighted by molar-refractivity contribution is -0.137. The van der Waals surface area contributed by atoms with Crippen LogP contribution in [0.5, 0.6) is 0 Å². The van der Waals surface area contributed by atoms with Crippen molar-refractivity contribution >= 4 is 22.1 Å². The maximum Gasteiger partial charge on any atom is 0.416 e. The molecule has 4 nitrogen and oxygen atoms in total. The summed E-state index contributed by atoms with van der Waals surface area (Å²) in [5.74, 6) is 1.09. The van der Waals surface area contributed by atoms with Gasteiger partial charge in [0.1, 0.15) is 11.6 Å². The van der Waals surface area contributed by atoms with E-state index in [1.165, 1.54) is 6.07 Å². The Labute approximate surface area is 134 Å². The molecule has 0 saturated carbocycles. The van der Waals surface area contributed by atoms with Crippen LogP contribution in [0, 0.1) is 0 Å². The van der Waals surface area contributed by atoms with Crippen molar-refractivity contribution in [1.29, 1.82) is 0 Å². The van der Waals surface area contributed by atoms with Crippen LogP contribution in [0.15, 0.2) is 42.5 Å². The molecule has 0 radical (unpaired) electrons. The van der Waals surface area contributed by atoms with E-state index in [9.17, 15) is 13.2 Å². The molecule has 0 aliphatic carbocycles. The number of alkyl halides is 3. The SMILES string of the molecule is CC(c1nc2ccccc2[nH]1)c1nc2ccc(C(F)(F)F)cc2[nH]1. The molecule has 2 aromatic carbocycles. The molecule has 2 heterocycles. The molecular weight excluding hydrogens is 317 g/mol. The minimum absolute atomic E-state index is 0.195. The van der Waals surface area contributed by atoms with Crippen LogP contribution < -0.4 is 0 Å². The number of imidazole rings is 2. The van der Waals surface area contributed by atoms with Gasteiger partial charge in [0.2, 0.25) is 0 Å². The molecule has 7 heteroatoms. The summed E-state index contributed by atoms with van der Waals surface area (Å²) in [6.45, 7) is 1.90. The van der Waals surface area contributed by atoms with E-state index >= 15 is 0 Å². The van der Waals surface area contributed by atoms with Crippen molar-refractivity contribution < 1.29 is 13.2 Å². The maximum atomic E-state index is 12.8. The number of nitrogens with zero attached hydrogens (tertiary/aromatic N) is 2. The molecule has 0 amide bonds. The number of rotatable bonds is 2. The van der Waals surface area contributed by atoms with E-state index in [2.05, 4.69) is 19.9 Å². The number of fused-ring (bicyclic) bond motifs is 2. The third-order valence-electron chi connectivity index (χ3n) is 4.06. The van der Waals surface area contributed by atoms with Crippen LogP contribution in [0.3, 0.4) is 0 Å². The van der Waals surface area contributed by atoms with Gasteiger partial charge in [-0.25, -0.2) is 9.97 Å². The maximum absolute atomic E-state index is 12.8. The molecule has 122 valence electrons. The highest BCUT2D eigenvalue weighted by molar-refractivity contribution is 5.77. The summed E-state index contributed by atoms with van der Waals surface area (Å²) >= 11 is 0. The molecule has 0 bridgehead atoms. The van der Waals surface area contributed by atoms with Gasteiger partial charge in [-0.3, -0.25) is 0 Å². The number of aromatic nitrogens is 4. The van der Waals surface area contributed by atoms with E-state index in [4.69, 9.17) is 0 Å². The smallest absolute Gasteiger partial charge is 0.341 e. The first-order valence-electron chi connectivity index (χ1n) is 7.43. The summed E-state index contributed by atoms with van der Waals surface area (Å²) in [6.07, 6.45) is -4.37. The van der Waals surface area contributed by atoms with Crippen molar-refractivity contribution in [1.82, 2.24) is 19.9 Å². The van der Waals surface area contributed by atoms with Gasteiger partial charge in [0.05, 0.1) is 33.5 Å². The van der Waals surface area contributed by atoms with Crippen LogP contribution in [-0.2, 0) is 6.18 Å². The number of hydrogen-bond donors (Lipinski definition) is 2. The molecule has 4 aromatic rings. The zero-order valence-corrected chi connectivity index (χ0v) is 12.6. The van der Waals surface area contributed by atoms with Crippen LogP contribution in [-0.4, -0.2) is 19.9 Å². The standard InChI is InChI=1S/C17H13F3N4/c1-9(15-21-11-4-2-3-5-12(11)22-15)16-23-13-7-6-10(17(18,19)20)8-14(13)24-16/h2-9H,1H3,(H,21,22)(H,23,24). The molecular formula is C17H13F3N4. The molecule has 0 fully saturated rings. The molecule has 0 spiro atoms. The summed E-state index contributed by atoms with van der Waals surface area (Å²) in [6, 6.07) is 11.1. The fraction of sp³-hybridized carbons (Fsp3) is 0.176. The Bertz CT molecular complexity index is 996. The lowest BCUT2D eigenvalue weighted by Gasteiger charge is -2.05. The van der Waals surface area contributed by atoms with Gasteiger partial charge in [0, 0.05) is 0 Å². The average molecular weight is 330 g/mol. The number of para-hydroxylation sites is 2. The van der Waals surface area contributed by atoms with Gasteiger partial charge in [-0.05, 0) is 37.3 Å². The molecule has 0 aliphatic heterocycles. The van der Waals surface area contributed by atoms with Crippen LogP contribution in [0.1, 0.15) is 30.1 Å². The Morgan fingerprint density at radius 1 is 0.875 bits per heavy atom. The third-order valence-corrected chi connectivity index (χ3v) is 4.06. The highest BCUT2D eigenvalue weighted by atomic mass is 19.4. The summed E-state index contributed by atoms with van der Waals surface area (Å²) in [5.41, 5.74) is 1.93. The normalized spacial score (nSPS) is 13.7. The van der Waals surface area contributed by atoms with Gasteiger partial charge in [-0.15, -0.1) is 0 Å². The van der Waals surface area contributed by atoms with E-state index in [1.54, 1.807) is 0 Å². The van der Waals surface area contributed by atoms with Gasteiger partial charge in [-0.1, -0.05) is 12.1 Å². The average Bonchev–Trinajstić information content (AvgIpc) is 3.16. The molecule has 2 N–H and O–H groups in total. The van der Waals surface area contributed by atoms with Crippen molar-refractivity contribution in [2.75, 3.05) is 0 Å². The van der Waals surface area contributed by atoms with Gasteiger partial charge in [0.25, 0.3) is 0 Å². The third kappa shape index (κ3) is 2.42. The lowest BCUT2D eigenvalue weighted by atomic mass is 10.1. The molecule has 2 aromatic heterocycles. The summed E-state index contributed by atoms with van der Waals surface area (Å²) in [5, 5.41) is 0. The van der Waals surface area contributed by atoms with E-state index in [1.807, 2.05) is 31.2 Å². The molecule has 1 atom stereocenters. The van der Waals surface area contributed by atoms with Crippen molar-refractivity contribution in [3.05, 3.63) is 59.7 Å². The number of aromatic amines is 2. The second-order valence-electron chi connectivity index (χ2n) is 5.71. The zero-order chi connectivity index (χ0) is 16.9.